The lowest BCUT2D eigenvalue weighted by Crippen LogP contribution is -2.37. The summed E-state index contributed by atoms with van der Waals surface area (Å²) in [5.41, 5.74) is 2.34. The number of carbonyl (C=O) groups excluding carboxylic acids is 1. The zero-order valence-electron chi connectivity index (χ0n) is 16.8. The van der Waals surface area contributed by atoms with Crippen LogP contribution in [0.2, 0.25) is 0 Å². The molecule has 1 aromatic carbocycles. The lowest BCUT2D eigenvalue weighted by Gasteiger charge is -2.20. The van der Waals surface area contributed by atoms with E-state index in [4.69, 9.17) is 5.10 Å². The van der Waals surface area contributed by atoms with Crippen LogP contribution in [0.1, 0.15) is 22.3 Å². The first kappa shape index (κ1) is 20.8. The number of aromatic nitrogens is 2. The van der Waals surface area contributed by atoms with Crippen molar-refractivity contribution in [3.05, 3.63) is 65.2 Å². The van der Waals surface area contributed by atoms with Crippen LogP contribution < -0.4 is 0 Å². The van der Waals surface area contributed by atoms with E-state index in [9.17, 15) is 13.2 Å². The maximum atomic E-state index is 13.4. The molecule has 30 heavy (non-hydrogen) atoms. The van der Waals surface area contributed by atoms with Gasteiger partial charge in [-0.2, -0.15) is 5.10 Å². The number of sulfonamides is 1. The van der Waals surface area contributed by atoms with E-state index in [-0.39, 0.29) is 5.91 Å². The van der Waals surface area contributed by atoms with Gasteiger partial charge in [-0.3, -0.25) is 9.48 Å². The summed E-state index contributed by atoms with van der Waals surface area (Å²) >= 11 is 1.55. The summed E-state index contributed by atoms with van der Waals surface area (Å²) in [5.74, 6) is -0.104. The highest BCUT2D eigenvalue weighted by Gasteiger charge is 2.27. The first-order chi connectivity index (χ1) is 14.4. The van der Waals surface area contributed by atoms with E-state index < -0.39 is 10.0 Å². The predicted molar refractivity (Wildman–Crippen MR) is 118 cm³/mol. The average Bonchev–Trinajstić information content (AvgIpc) is 3.31. The van der Waals surface area contributed by atoms with Crippen molar-refractivity contribution in [1.29, 1.82) is 0 Å². The Hall–Kier alpha value is -2.49. The van der Waals surface area contributed by atoms with Gasteiger partial charge in [0.15, 0.2) is 0 Å². The summed E-state index contributed by atoms with van der Waals surface area (Å²) in [6, 6.07) is 13.9. The number of rotatable bonds is 5. The molecule has 3 heterocycles. The van der Waals surface area contributed by atoms with Gasteiger partial charge in [0.05, 0.1) is 23.2 Å². The lowest BCUT2D eigenvalue weighted by atomic mass is 10.2. The van der Waals surface area contributed by atoms with Gasteiger partial charge in [-0.1, -0.05) is 36.4 Å². The average molecular weight is 445 g/mol. The number of nitrogens with zero attached hydrogens (tertiary/aromatic N) is 4. The van der Waals surface area contributed by atoms with E-state index in [0.717, 1.165) is 10.4 Å². The van der Waals surface area contributed by atoms with Crippen LogP contribution >= 0.6 is 11.3 Å². The quantitative estimate of drug-likeness (QED) is 0.606. The Morgan fingerprint density at radius 1 is 1.07 bits per heavy atom. The van der Waals surface area contributed by atoms with Crippen LogP contribution in [-0.4, -0.2) is 65.7 Å². The van der Waals surface area contributed by atoms with E-state index in [1.807, 2.05) is 54.0 Å². The molecule has 0 spiro atoms. The highest BCUT2D eigenvalue weighted by Crippen LogP contribution is 2.28. The summed E-state index contributed by atoms with van der Waals surface area (Å²) < 4.78 is 27.0. The number of thiophene rings is 1. The van der Waals surface area contributed by atoms with Crippen LogP contribution in [0.25, 0.3) is 10.6 Å². The van der Waals surface area contributed by atoms with Gasteiger partial charge < -0.3 is 4.90 Å². The molecule has 1 aliphatic rings. The molecule has 9 heteroatoms. The highest BCUT2D eigenvalue weighted by atomic mass is 32.2. The molecule has 3 aromatic rings. The SMILES string of the molecule is CS(=O)(=O)N1CCCN(C(=O)c2cn(Cc3ccccc3)nc2-c2cccs2)CC1. The summed E-state index contributed by atoms with van der Waals surface area (Å²) in [6.45, 7) is 2.23. The molecular weight excluding hydrogens is 420 g/mol. The Morgan fingerprint density at radius 2 is 1.87 bits per heavy atom. The molecule has 0 radical (unpaired) electrons. The summed E-state index contributed by atoms with van der Waals surface area (Å²) in [4.78, 5) is 16.1. The van der Waals surface area contributed by atoms with Gasteiger partial charge >= 0.3 is 0 Å². The van der Waals surface area contributed by atoms with Crippen molar-refractivity contribution in [2.75, 3.05) is 32.4 Å². The van der Waals surface area contributed by atoms with Crippen molar-refractivity contribution in [3.8, 4) is 10.6 Å². The van der Waals surface area contributed by atoms with Crippen LogP contribution in [0, 0.1) is 0 Å². The number of hydrogen-bond acceptors (Lipinski definition) is 5. The van der Waals surface area contributed by atoms with Gasteiger partial charge in [-0.05, 0) is 23.4 Å². The standard InChI is InChI=1S/C21H24N4O3S2/c1-30(27,28)25-11-6-10-23(12-13-25)21(26)18-16-24(15-17-7-3-2-4-8-17)22-20(18)19-9-5-14-29-19/h2-5,7-9,14,16H,6,10-13,15H2,1H3. The first-order valence-electron chi connectivity index (χ1n) is 9.81. The molecule has 7 nitrogen and oxygen atoms in total. The molecule has 0 aliphatic carbocycles. The third-order valence-electron chi connectivity index (χ3n) is 5.15. The first-order valence-corrected chi connectivity index (χ1v) is 12.5. The van der Waals surface area contributed by atoms with Gasteiger partial charge in [0.2, 0.25) is 10.0 Å². The van der Waals surface area contributed by atoms with E-state index in [0.29, 0.717) is 50.4 Å². The molecule has 0 bridgehead atoms. The van der Waals surface area contributed by atoms with Crippen LogP contribution in [0.5, 0.6) is 0 Å². The number of hydrogen-bond donors (Lipinski definition) is 0. The van der Waals surface area contributed by atoms with Crippen LogP contribution in [0.15, 0.2) is 54.0 Å². The van der Waals surface area contributed by atoms with Crippen LogP contribution in [-0.2, 0) is 16.6 Å². The summed E-state index contributed by atoms with van der Waals surface area (Å²) in [6.07, 6.45) is 3.64. The minimum atomic E-state index is -3.26. The number of benzene rings is 1. The zero-order valence-corrected chi connectivity index (χ0v) is 18.4. The molecule has 0 unspecified atom stereocenters. The Kier molecular flexibility index (Phi) is 6.03. The van der Waals surface area contributed by atoms with Gasteiger partial charge in [-0.25, -0.2) is 12.7 Å². The third-order valence-corrected chi connectivity index (χ3v) is 7.32. The number of amides is 1. The fraction of sp³-hybridized carbons (Fsp3) is 0.333. The Labute approximate surface area is 180 Å². The molecule has 0 N–H and O–H groups in total. The molecule has 158 valence electrons. The minimum absolute atomic E-state index is 0.104. The number of carbonyl (C=O) groups is 1. The van der Waals surface area contributed by atoms with Crippen molar-refractivity contribution < 1.29 is 13.2 Å². The molecule has 0 atom stereocenters. The van der Waals surface area contributed by atoms with Crippen LogP contribution in [0.3, 0.4) is 0 Å². The van der Waals surface area contributed by atoms with Gasteiger partial charge in [0, 0.05) is 32.4 Å². The van der Waals surface area contributed by atoms with E-state index >= 15 is 0 Å². The largest absolute Gasteiger partial charge is 0.337 e. The second-order valence-electron chi connectivity index (χ2n) is 7.36. The molecule has 1 fully saturated rings. The predicted octanol–water partition coefficient (Wildman–Crippen LogP) is 2.77. The summed E-state index contributed by atoms with van der Waals surface area (Å²) in [5, 5.41) is 6.68. The summed E-state index contributed by atoms with van der Waals surface area (Å²) in [7, 11) is -3.26. The molecule has 2 aromatic heterocycles. The zero-order chi connectivity index (χ0) is 21.1. The molecule has 1 saturated heterocycles. The topological polar surface area (TPSA) is 75.5 Å². The van der Waals surface area contributed by atoms with E-state index in [1.54, 1.807) is 20.9 Å². The lowest BCUT2D eigenvalue weighted by molar-refractivity contribution is 0.0765. The smallest absolute Gasteiger partial charge is 0.257 e. The monoisotopic (exact) mass is 444 g/mol. The van der Waals surface area contributed by atoms with Crippen molar-refractivity contribution in [1.82, 2.24) is 19.0 Å². The van der Waals surface area contributed by atoms with Crippen molar-refractivity contribution >= 4 is 27.3 Å². The third kappa shape index (κ3) is 4.63. The van der Waals surface area contributed by atoms with Gasteiger partial charge in [0.1, 0.15) is 5.69 Å². The molecule has 1 amide bonds. The molecule has 0 saturated carbocycles. The van der Waals surface area contributed by atoms with Crippen molar-refractivity contribution in [2.45, 2.75) is 13.0 Å². The van der Waals surface area contributed by atoms with Gasteiger partial charge in [0.25, 0.3) is 5.91 Å². The Balaban J connectivity index is 1.61. The molecule has 4 rings (SSSR count). The fourth-order valence-electron chi connectivity index (χ4n) is 3.62. The second-order valence-corrected chi connectivity index (χ2v) is 10.3. The Bertz CT molecular complexity index is 1110. The van der Waals surface area contributed by atoms with Crippen LogP contribution in [0.4, 0.5) is 0 Å². The Morgan fingerprint density at radius 3 is 2.57 bits per heavy atom. The highest BCUT2D eigenvalue weighted by molar-refractivity contribution is 7.88. The van der Waals surface area contributed by atoms with Gasteiger partial charge in [-0.15, -0.1) is 11.3 Å². The molecular formula is C21H24N4O3S2. The van der Waals surface area contributed by atoms with E-state index in [2.05, 4.69) is 0 Å². The van der Waals surface area contributed by atoms with E-state index in [1.165, 1.54) is 10.6 Å². The minimum Gasteiger partial charge on any atom is -0.337 e. The second kappa shape index (κ2) is 8.71. The maximum Gasteiger partial charge on any atom is 0.257 e. The maximum absolute atomic E-state index is 13.4. The normalized spacial score (nSPS) is 15.8. The molecule has 1 aliphatic heterocycles. The fourth-order valence-corrected chi connectivity index (χ4v) is 5.22. The van der Waals surface area contributed by atoms with Crippen molar-refractivity contribution in [3.63, 3.8) is 0 Å². The van der Waals surface area contributed by atoms with Crippen molar-refractivity contribution in [2.24, 2.45) is 0 Å².